The second-order valence-electron chi connectivity index (χ2n) is 19.7. The van der Waals surface area contributed by atoms with Crippen LogP contribution < -0.4 is 14.9 Å². The van der Waals surface area contributed by atoms with E-state index < -0.39 is 36.5 Å². The van der Waals surface area contributed by atoms with E-state index in [1.807, 2.05) is 154 Å². The van der Waals surface area contributed by atoms with Crippen LogP contribution in [0, 0.1) is 13.8 Å². The zero-order valence-electron chi connectivity index (χ0n) is 43.4. The molecule has 4 aromatic rings. The number of hydrogen-bond acceptors (Lipinski definition) is 12. The quantitative estimate of drug-likeness (QED) is 0.0629. The van der Waals surface area contributed by atoms with Crippen molar-refractivity contribution in [1.29, 1.82) is 0 Å². The highest BCUT2D eigenvalue weighted by Crippen LogP contribution is 2.38. The van der Waals surface area contributed by atoms with Crippen LogP contribution in [0.2, 0.25) is 0 Å². The molecule has 0 unspecified atom stereocenters. The molecule has 0 spiro atoms. The molecule has 69 heavy (non-hydrogen) atoms. The fraction of sp³-hybridized carbons (Fsp3) is 0.547. The Bertz CT molecular complexity index is 2080. The zero-order valence-corrected chi connectivity index (χ0v) is 45.0. The van der Waals surface area contributed by atoms with Gasteiger partial charge in [-0.2, -0.15) is 0 Å². The maximum atomic E-state index is 9.10. The number of benzene rings is 4. The van der Waals surface area contributed by atoms with E-state index in [4.69, 9.17) is 65.0 Å². The van der Waals surface area contributed by atoms with Crippen LogP contribution in [-0.4, -0.2) is 92.5 Å². The van der Waals surface area contributed by atoms with Crippen LogP contribution in [0.25, 0.3) is 0 Å². The van der Waals surface area contributed by atoms with E-state index in [9.17, 15) is 0 Å². The van der Waals surface area contributed by atoms with E-state index >= 15 is 0 Å². The van der Waals surface area contributed by atoms with Gasteiger partial charge in [0.05, 0.1) is 46.8 Å². The van der Waals surface area contributed by atoms with E-state index in [1.165, 1.54) is 11.1 Å². The lowest BCUT2D eigenvalue weighted by Crippen LogP contribution is -2.44. The summed E-state index contributed by atoms with van der Waals surface area (Å²) in [5.74, 6) is 3.14. The third kappa shape index (κ3) is 19.7. The van der Waals surface area contributed by atoms with Gasteiger partial charge in [0, 0.05) is 19.1 Å². The van der Waals surface area contributed by atoms with Crippen molar-refractivity contribution in [2.75, 3.05) is 26.8 Å². The summed E-state index contributed by atoms with van der Waals surface area (Å²) in [5.41, 5.74) is 1.93. The van der Waals surface area contributed by atoms with Gasteiger partial charge in [-0.3, -0.25) is 0 Å². The smallest absolute Gasteiger partial charge is 0.457 e. The first-order valence-electron chi connectivity index (χ1n) is 23.1. The lowest BCUT2D eigenvalue weighted by Gasteiger charge is -2.32. The van der Waals surface area contributed by atoms with Crippen LogP contribution in [0.1, 0.15) is 128 Å². The molecule has 2 saturated heterocycles. The summed E-state index contributed by atoms with van der Waals surface area (Å²) >= 11 is 3.52. The molecule has 4 aromatic carbocycles. The Morgan fingerprint density at radius 1 is 0.551 bits per heavy atom. The molecule has 2 fully saturated rings. The van der Waals surface area contributed by atoms with Crippen LogP contribution in [0.3, 0.4) is 0 Å². The molecule has 0 saturated carbocycles. The van der Waals surface area contributed by atoms with E-state index in [0.717, 1.165) is 44.1 Å². The van der Waals surface area contributed by atoms with Gasteiger partial charge in [0.1, 0.15) is 44.3 Å². The lowest BCUT2D eigenvalue weighted by atomic mass is 9.63. The van der Waals surface area contributed by atoms with Gasteiger partial charge in [-0.15, -0.1) is 0 Å². The molecule has 382 valence electrons. The second-order valence-corrected chi connectivity index (χ2v) is 20.5. The molecule has 0 aromatic heterocycles. The Labute approximate surface area is 426 Å². The van der Waals surface area contributed by atoms with Gasteiger partial charge in [-0.25, -0.2) is 0 Å². The molecule has 0 aliphatic carbocycles. The molecule has 2 radical (unpaired) electrons. The second kappa shape index (κ2) is 27.0. The normalized spacial score (nSPS) is 16.4. The first-order chi connectivity index (χ1) is 31.5. The predicted molar refractivity (Wildman–Crippen MR) is 285 cm³/mol. The minimum Gasteiger partial charge on any atom is -0.457 e. The maximum Gasteiger partial charge on any atom is 0.495 e. The summed E-state index contributed by atoms with van der Waals surface area (Å²) in [5, 5.41) is 18.2. The van der Waals surface area contributed by atoms with Crippen LogP contribution in [-0.2, 0) is 50.8 Å². The zero-order chi connectivity index (χ0) is 51.1. The summed E-state index contributed by atoms with van der Waals surface area (Å²) in [6.45, 7) is 33.0. The number of ether oxygens (including phenoxy) is 6. The fourth-order valence-corrected chi connectivity index (χ4v) is 6.02. The summed E-state index contributed by atoms with van der Waals surface area (Å²) in [7, 11) is 4.42. The third-order valence-electron chi connectivity index (χ3n) is 12.2. The Balaban J connectivity index is 0.000000520. The minimum absolute atomic E-state index is 0. The van der Waals surface area contributed by atoms with Crippen molar-refractivity contribution < 1.29 is 58.7 Å². The van der Waals surface area contributed by atoms with Gasteiger partial charge in [0.2, 0.25) is 0 Å². The van der Waals surface area contributed by atoms with Crippen molar-refractivity contribution in [3.8, 4) is 23.0 Å². The fourth-order valence-electron chi connectivity index (χ4n) is 5.66. The maximum absolute atomic E-state index is 9.10. The van der Waals surface area contributed by atoms with Crippen molar-refractivity contribution in [3.05, 3.63) is 112 Å². The van der Waals surface area contributed by atoms with Gasteiger partial charge in [0.15, 0.2) is 0 Å². The SMILES string of the molecule is C.CC(C)(O)C(C)(C)O.CCOCOCc1cc(Oc2ccc(C)cc2)ccc1B1OC(C)(C)C(C)(C)O1.CCOCOCc1cc(Oc2ccc(C)cc2)ccc1Br.[2HH].[B]B1OC(C)(C)C(C)(C)O1. The summed E-state index contributed by atoms with van der Waals surface area (Å²) < 4.78 is 57.6. The van der Waals surface area contributed by atoms with Crippen molar-refractivity contribution in [1.82, 2.24) is 0 Å². The number of halogens is 1. The molecule has 2 N–H and O–H groups in total. The Kier molecular flexibility index (Phi) is 24.2. The van der Waals surface area contributed by atoms with Gasteiger partial charge in [0.25, 0.3) is 0 Å². The standard InChI is InChI=1S/C23H31BO5.C17H19BrO3.C6H12B2O2.C6H14O2.CH4.H2/c1-7-25-16-26-15-18-14-20(27-19-10-8-17(2)9-11-19)12-13-21(18)24-28-22(3,4)23(5,6)29-24;1-3-19-12-20-11-14-10-16(8-9-17(14)18)21-15-6-4-13(2)5-7-15;1-5(2)6(3,4)10-8(7)9-5;1-5(2,7)6(3,4)8;;/h8-14H,7,15-16H2,1-6H3;4-10H,3,11-12H2,1-2H3;1-4H3;7-8H,1-4H3;1H4;1H/i;;;;;1+1. The molecule has 2 aliphatic rings. The predicted octanol–water partition coefficient (Wildman–Crippen LogP) is 11.8. The van der Waals surface area contributed by atoms with Crippen molar-refractivity contribution in [2.45, 2.75) is 165 Å². The van der Waals surface area contributed by atoms with Crippen molar-refractivity contribution in [3.63, 3.8) is 0 Å². The van der Waals surface area contributed by atoms with Gasteiger partial charge < -0.3 is 57.3 Å². The molecule has 0 amide bonds. The molecular formula is C53H82B3BrO12. The Hall–Kier alpha value is -3.25. The largest absolute Gasteiger partial charge is 0.495 e. The number of rotatable bonds is 16. The third-order valence-corrected chi connectivity index (χ3v) is 13.0. The highest BCUT2D eigenvalue weighted by molar-refractivity contribution is 9.10. The molecule has 0 atom stereocenters. The highest BCUT2D eigenvalue weighted by Gasteiger charge is 2.52. The summed E-state index contributed by atoms with van der Waals surface area (Å²) in [6.07, 6.45) is 0. The van der Waals surface area contributed by atoms with E-state index in [2.05, 4.69) is 29.8 Å². The molecule has 0 bridgehead atoms. The van der Waals surface area contributed by atoms with Crippen LogP contribution >= 0.6 is 15.9 Å². The molecule has 2 heterocycles. The van der Waals surface area contributed by atoms with Crippen LogP contribution in [0.4, 0.5) is 0 Å². The highest BCUT2D eigenvalue weighted by atomic mass is 79.9. The van der Waals surface area contributed by atoms with Crippen LogP contribution in [0.5, 0.6) is 23.0 Å². The van der Waals surface area contributed by atoms with Crippen molar-refractivity contribution >= 4 is 43.3 Å². The summed E-state index contributed by atoms with van der Waals surface area (Å²) in [4.78, 5) is 0. The van der Waals surface area contributed by atoms with E-state index in [0.29, 0.717) is 33.2 Å². The minimum atomic E-state index is -1.01. The number of aryl methyl sites for hydroxylation is 2. The average molecular weight is 1020 g/mol. The topological polar surface area (TPSA) is 133 Å². The molecular weight excluding hydrogens is 941 g/mol. The average Bonchev–Trinajstić information content (AvgIpc) is 3.57. The van der Waals surface area contributed by atoms with E-state index in [1.54, 1.807) is 27.7 Å². The molecule has 2 aliphatic heterocycles. The van der Waals surface area contributed by atoms with Gasteiger partial charge in [-0.05, 0) is 182 Å². The lowest BCUT2D eigenvalue weighted by molar-refractivity contribution is -0.107. The van der Waals surface area contributed by atoms with Crippen LogP contribution in [0.15, 0.2) is 89.4 Å². The Morgan fingerprint density at radius 3 is 1.26 bits per heavy atom. The van der Waals surface area contributed by atoms with Gasteiger partial charge >= 0.3 is 14.1 Å². The van der Waals surface area contributed by atoms with E-state index in [-0.39, 0.29) is 26.8 Å². The molecule has 16 heteroatoms. The monoisotopic (exact) mass is 1020 g/mol. The molecule has 12 nitrogen and oxygen atoms in total. The first-order valence-corrected chi connectivity index (χ1v) is 23.9. The molecule has 6 rings (SSSR count). The Morgan fingerprint density at radius 2 is 0.899 bits per heavy atom. The first kappa shape index (κ1) is 61.9. The number of hydrogen-bond donors (Lipinski definition) is 2. The van der Waals surface area contributed by atoms with Crippen molar-refractivity contribution in [2.24, 2.45) is 0 Å². The van der Waals surface area contributed by atoms with Gasteiger partial charge in [-0.1, -0.05) is 64.8 Å². The number of aliphatic hydroxyl groups is 2. The summed E-state index contributed by atoms with van der Waals surface area (Å²) in [6, 6.07) is 27.7.